The topological polar surface area (TPSA) is 78.8 Å². The van der Waals surface area contributed by atoms with Gasteiger partial charge in [-0.2, -0.15) is 8.42 Å². The Morgan fingerprint density at radius 3 is 2.70 bits per heavy atom. The summed E-state index contributed by atoms with van der Waals surface area (Å²) in [5.41, 5.74) is 4.05. The zero-order chi connectivity index (χ0) is 19.0. The van der Waals surface area contributed by atoms with Gasteiger partial charge in [0.1, 0.15) is 4.90 Å². The highest BCUT2D eigenvalue weighted by molar-refractivity contribution is 7.86. The highest BCUT2D eigenvalue weighted by atomic mass is 32.2. The van der Waals surface area contributed by atoms with Crippen molar-refractivity contribution in [1.29, 1.82) is 0 Å². The van der Waals surface area contributed by atoms with Gasteiger partial charge in [0.05, 0.1) is 17.1 Å². The Bertz CT molecular complexity index is 998. The van der Waals surface area contributed by atoms with Crippen molar-refractivity contribution in [2.75, 3.05) is 5.32 Å². The van der Waals surface area contributed by atoms with E-state index in [1.807, 2.05) is 30.3 Å². The molecule has 0 bridgehead atoms. The molecule has 2 unspecified atom stereocenters. The van der Waals surface area contributed by atoms with Gasteiger partial charge in [-0.05, 0) is 48.1 Å². The largest absolute Gasteiger partial charge is 0.381 e. The van der Waals surface area contributed by atoms with E-state index in [9.17, 15) is 13.0 Å². The molecule has 1 aliphatic carbocycles. The van der Waals surface area contributed by atoms with Crippen LogP contribution in [0.15, 0.2) is 52.4 Å². The van der Waals surface area contributed by atoms with Crippen LogP contribution in [-0.4, -0.2) is 24.7 Å². The van der Waals surface area contributed by atoms with Gasteiger partial charge >= 0.3 is 0 Å². The molecule has 0 radical (unpaired) electrons. The fourth-order valence-electron chi connectivity index (χ4n) is 4.12. The summed E-state index contributed by atoms with van der Waals surface area (Å²) in [5, 5.41) is 3.34. The maximum absolute atomic E-state index is 12.0. The molecular formula is C21H24N2O3S. The van der Waals surface area contributed by atoms with Crippen molar-refractivity contribution in [1.82, 2.24) is 0 Å². The van der Waals surface area contributed by atoms with Crippen LogP contribution in [0.5, 0.6) is 0 Å². The second-order valence-corrected chi connectivity index (χ2v) is 9.05. The minimum absolute atomic E-state index is 0.0723. The molecule has 27 heavy (non-hydrogen) atoms. The van der Waals surface area contributed by atoms with E-state index in [4.69, 9.17) is 0 Å². The van der Waals surface area contributed by atoms with Gasteiger partial charge in [-0.1, -0.05) is 44.0 Å². The van der Waals surface area contributed by atoms with E-state index < -0.39 is 10.1 Å². The summed E-state index contributed by atoms with van der Waals surface area (Å²) in [6.45, 7) is 2.22. The van der Waals surface area contributed by atoms with E-state index in [2.05, 4.69) is 17.2 Å². The maximum atomic E-state index is 12.0. The summed E-state index contributed by atoms with van der Waals surface area (Å²) < 4.78 is 33.8. The van der Waals surface area contributed by atoms with Gasteiger partial charge in [-0.3, -0.25) is 9.55 Å². The molecule has 142 valence electrons. The van der Waals surface area contributed by atoms with E-state index in [1.54, 1.807) is 6.07 Å². The van der Waals surface area contributed by atoms with Gasteiger partial charge < -0.3 is 5.32 Å². The standard InChI is InChI=1S/C21H24N2O3S/c1-14-5-4-7-17(11-14)22-19-10-9-16(13-21(19)27(24,25)26)20-12-15-6-2-3-8-18(15)23-20/h2-3,6,8-10,13-14,17,22H,4-5,7,11-12H2,1H3,(H,24,25,26). The number of anilines is 1. The fourth-order valence-corrected chi connectivity index (χ4v) is 4.80. The van der Waals surface area contributed by atoms with Crippen LogP contribution in [0.2, 0.25) is 0 Å². The van der Waals surface area contributed by atoms with Crippen LogP contribution in [0.4, 0.5) is 11.4 Å². The second kappa shape index (κ2) is 7.09. The smallest absolute Gasteiger partial charge is 0.296 e. The zero-order valence-electron chi connectivity index (χ0n) is 15.4. The molecule has 6 heteroatoms. The Morgan fingerprint density at radius 1 is 1.15 bits per heavy atom. The lowest BCUT2D eigenvalue weighted by Gasteiger charge is -2.29. The first kappa shape index (κ1) is 18.2. The van der Waals surface area contributed by atoms with Crippen LogP contribution in [-0.2, 0) is 16.5 Å². The minimum Gasteiger partial charge on any atom is -0.381 e. The van der Waals surface area contributed by atoms with Gasteiger partial charge in [-0.25, -0.2) is 0 Å². The maximum Gasteiger partial charge on any atom is 0.296 e. The predicted molar refractivity (Wildman–Crippen MR) is 108 cm³/mol. The van der Waals surface area contributed by atoms with E-state index in [1.165, 1.54) is 12.5 Å². The summed E-state index contributed by atoms with van der Waals surface area (Å²) in [6.07, 6.45) is 5.03. The third-order valence-electron chi connectivity index (χ3n) is 5.49. The van der Waals surface area contributed by atoms with Gasteiger partial charge in [0.15, 0.2) is 0 Å². The van der Waals surface area contributed by atoms with Crippen molar-refractivity contribution >= 4 is 27.2 Å². The van der Waals surface area contributed by atoms with Crippen LogP contribution in [0.25, 0.3) is 0 Å². The van der Waals surface area contributed by atoms with Gasteiger partial charge in [0.25, 0.3) is 10.1 Å². The Balaban J connectivity index is 1.65. The van der Waals surface area contributed by atoms with Crippen molar-refractivity contribution in [2.24, 2.45) is 10.9 Å². The number of benzene rings is 2. The summed E-state index contributed by atoms with van der Waals surface area (Å²) >= 11 is 0. The molecule has 1 fully saturated rings. The molecule has 1 heterocycles. The lowest BCUT2D eigenvalue weighted by atomic mass is 9.87. The number of nitrogens with zero attached hydrogens (tertiary/aromatic N) is 1. The lowest BCUT2D eigenvalue weighted by Crippen LogP contribution is -2.27. The summed E-state index contributed by atoms with van der Waals surface area (Å²) in [7, 11) is -4.33. The third-order valence-corrected chi connectivity index (χ3v) is 6.39. The first-order chi connectivity index (χ1) is 12.9. The number of hydrogen-bond donors (Lipinski definition) is 2. The first-order valence-electron chi connectivity index (χ1n) is 9.44. The average molecular weight is 385 g/mol. The van der Waals surface area contributed by atoms with E-state index in [-0.39, 0.29) is 10.9 Å². The van der Waals surface area contributed by atoms with E-state index >= 15 is 0 Å². The van der Waals surface area contributed by atoms with Crippen molar-refractivity contribution in [3.8, 4) is 0 Å². The molecule has 1 aliphatic heterocycles. The fraction of sp³-hybridized carbons (Fsp3) is 0.381. The van der Waals surface area contributed by atoms with Crippen LogP contribution in [0, 0.1) is 5.92 Å². The molecule has 5 nitrogen and oxygen atoms in total. The molecule has 0 saturated heterocycles. The highest BCUT2D eigenvalue weighted by Crippen LogP contribution is 2.32. The molecule has 1 saturated carbocycles. The summed E-state index contributed by atoms with van der Waals surface area (Å²) in [5.74, 6) is 0.621. The summed E-state index contributed by atoms with van der Waals surface area (Å²) in [6, 6.07) is 13.3. The van der Waals surface area contributed by atoms with Crippen LogP contribution in [0.3, 0.4) is 0 Å². The number of rotatable bonds is 4. The average Bonchev–Trinajstić information content (AvgIpc) is 3.05. The van der Waals surface area contributed by atoms with Gasteiger partial charge in [0.2, 0.25) is 0 Å². The monoisotopic (exact) mass is 384 g/mol. The molecule has 0 amide bonds. The van der Waals surface area contributed by atoms with E-state index in [0.717, 1.165) is 41.8 Å². The van der Waals surface area contributed by atoms with Gasteiger partial charge in [-0.15, -0.1) is 0 Å². The molecule has 0 aromatic heterocycles. The minimum atomic E-state index is -4.33. The van der Waals surface area contributed by atoms with Crippen LogP contribution >= 0.6 is 0 Å². The number of aliphatic imine (C=N–C) groups is 1. The number of hydrogen-bond acceptors (Lipinski definition) is 4. The molecule has 0 spiro atoms. The predicted octanol–water partition coefficient (Wildman–Crippen LogP) is 4.60. The Kier molecular flexibility index (Phi) is 4.78. The van der Waals surface area contributed by atoms with Crippen molar-refractivity contribution in [3.63, 3.8) is 0 Å². The normalized spacial score (nSPS) is 22.2. The molecule has 2 N–H and O–H groups in total. The van der Waals surface area contributed by atoms with E-state index in [0.29, 0.717) is 18.0 Å². The molecule has 2 aliphatic rings. The third kappa shape index (κ3) is 3.92. The zero-order valence-corrected chi connectivity index (χ0v) is 16.2. The lowest BCUT2D eigenvalue weighted by molar-refractivity contribution is 0.358. The molecule has 4 rings (SSSR count). The number of fused-ring (bicyclic) bond motifs is 1. The van der Waals surface area contributed by atoms with Crippen LogP contribution < -0.4 is 5.32 Å². The Hall–Kier alpha value is -2.18. The quantitative estimate of drug-likeness (QED) is 0.755. The van der Waals surface area contributed by atoms with Crippen molar-refractivity contribution < 1.29 is 13.0 Å². The molecule has 2 atom stereocenters. The summed E-state index contributed by atoms with van der Waals surface area (Å²) in [4.78, 5) is 4.55. The van der Waals surface area contributed by atoms with Crippen molar-refractivity contribution in [2.45, 2.75) is 50.0 Å². The highest BCUT2D eigenvalue weighted by Gasteiger charge is 2.24. The Morgan fingerprint density at radius 2 is 1.96 bits per heavy atom. The van der Waals surface area contributed by atoms with Crippen LogP contribution in [0.1, 0.15) is 43.7 Å². The van der Waals surface area contributed by atoms with Gasteiger partial charge in [0, 0.05) is 12.5 Å². The molecule has 2 aromatic rings. The first-order valence-corrected chi connectivity index (χ1v) is 10.9. The molecular weight excluding hydrogens is 360 g/mol. The van der Waals surface area contributed by atoms with Crippen molar-refractivity contribution in [3.05, 3.63) is 53.6 Å². The molecule has 2 aromatic carbocycles. The second-order valence-electron chi connectivity index (χ2n) is 7.66. The number of nitrogens with one attached hydrogen (secondary N) is 1. The SMILES string of the molecule is CC1CCCC(Nc2ccc(C3=Nc4ccccc4C3)cc2S(=O)(=O)O)C1. The Labute approximate surface area is 160 Å². The number of para-hydroxylation sites is 1.